The SMILES string of the molecule is Cc1nn([C@@H]2CCS(=O)(=O)C2)c(C)c1/C=C/c1cc(C(=O)O)c2ccccc2n1. The molecule has 0 spiro atoms. The van der Waals surface area contributed by atoms with Gasteiger partial charge in [-0.15, -0.1) is 0 Å². The molecule has 2 aromatic heterocycles. The fourth-order valence-corrected chi connectivity index (χ4v) is 5.56. The molecule has 0 bridgehead atoms. The third-order valence-corrected chi connectivity index (χ3v) is 7.07. The maximum absolute atomic E-state index is 11.8. The molecule has 0 unspecified atom stereocenters. The predicted molar refractivity (Wildman–Crippen MR) is 112 cm³/mol. The van der Waals surface area contributed by atoms with E-state index in [1.54, 1.807) is 35.0 Å². The number of aromatic carboxylic acids is 1. The first kappa shape index (κ1) is 19.3. The van der Waals surface area contributed by atoms with E-state index in [9.17, 15) is 18.3 Å². The molecule has 1 atom stereocenters. The molecule has 0 saturated carbocycles. The number of hydrogen-bond acceptors (Lipinski definition) is 5. The van der Waals surface area contributed by atoms with E-state index in [4.69, 9.17) is 0 Å². The van der Waals surface area contributed by atoms with Crippen LogP contribution in [0.15, 0.2) is 30.3 Å². The van der Waals surface area contributed by atoms with Crippen molar-refractivity contribution in [3.05, 3.63) is 58.5 Å². The maximum Gasteiger partial charge on any atom is 0.336 e. The van der Waals surface area contributed by atoms with Gasteiger partial charge in [0, 0.05) is 16.6 Å². The number of fused-ring (bicyclic) bond motifs is 1. The third-order valence-electron chi connectivity index (χ3n) is 5.32. The summed E-state index contributed by atoms with van der Waals surface area (Å²) in [5.74, 6) is -0.687. The minimum absolute atomic E-state index is 0.117. The molecule has 150 valence electrons. The average Bonchev–Trinajstić information content (AvgIpc) is 3.17. The summed E-state index contributed by atoms with van der Waals surface area (Å²) in [5.41, 5.74) is 3.93. The van der Waals surface area contributed by atoms with Crippen LogP contribution in [0, 0.1) is 13.8 Å². The number of carboxylic acids is 1. The van der Waals surface area contributed by atoms with Crippen LogP contribution in [0.1, 0.15) is 45.5 Å². The van der Waals surface area contributed by atoms with Crippen LogP contribution in [0.25, 0.3) is 23.1 Å². The van der Waals surface area contributed by atoms with Gasteiger partial charge in [-0.2, -0.15) is 5.10 Å². The molecule has 1 aromatic carbocycles. The van der Waals surface area contributed by atoms with E-state index < -0.39 is 15.8 Å². The fraction of sp³-hybridized carbons (Fsp3) is 0.286. The molecule has 1 saturated heterocycles. The molecular formula is C21H21N3O4S. The van der Waals surface area contributed by atoms with Crippen LogP contribution >= 0.6 is 0 Å². The number of hydrogen-bond donors (Lipinski definition) is 1. The lowest BCUT2D eigenvalue weighted by atomic mass is 10.1. The lowest BCUT2D eigenvalue weighted by Crippen LogP contribution is -2.13. The van der Waals surface area contributed by atoms with Gasteiger partial charge in [0.1, 0.15) is 0 Å². The highest BCUT2D eigenvalue weighted by Crippen LogP contribution is 2.28. The molecule has 3 heterocycles. The molecule has 1 aliphatic heterocycles. The van der Waals surface area contributed by atoms with Crippen LogP contribution in [0.2, 0.25) is 0 Å². The first-order chi connectivity index (χ1) is 13.7. The number of pyridine rings is 1. The van der Waals surface area contributed by atoms with E-state index in [1.165, 1.54) is 0 Å². The zero-order valence-electron chi connectivity index (χ0n) is 16.2. The number of rotatable bonds is 4. The van der Waals surface area contributed by atoms with Gasteiger partial charge >= 0.3 is 5.97 Å². The van der Waals surface area contributed by atoms with E-state index in [2.05, 4.69) is 10.1 Å². The van der Waals surface area contributed by atoms with Gasteiger partial charge in [-0.1, -0.05) is 18.2 Å². The van der Waals surface area contributed by atoms with Crippen LogP contribution in [0.5, 0.6) is 0 Å². The highest BCUT2D eigenvalue weighted by molar-refractivity contribution is 7.91. The summed E-state index contributed by atoms with van der Waals surface area (Å²) in [4.78, 5) is 16.2. The molecule has 3 aromatic rings. The van der Waals surface area contributed by atoms with E-state index in [0.29, 0.717) is 23.0 Å². The third kappa shape index (κ3) is 3.67. The highest BCUT2D eigenvalue weighted by Gasteiger charge is 2.31. The second kappa shape index (κ2) is 7.11. The first-order valence-electron chi connectivity index (χ1n) is 9.32. The number of aromatic nitrogens is 3. The van der Waals surface area contributed by atoms with Gasteiger partial charge in [0.2, 0.25) is 0 Å². The fourth-order valence-electron chi connectivity index (χ4n) is 3.87. The maximum atomic E-state index is 11.8. The molecule has 8 heteroatoms. The normalized spacial score (nSPS) is 18.6. The van der Waals surface area contributed by atoms with Crippen molar-refractivity contribution < 1.29 is 18.3 Å². The average molecular weight is 411 g/mol. The van der Waals surface area contributed by atoms with Gasteiger partial charge in [-0.25, -0.2) is 18.2 Å². The van der Waals surface area contributed by atoms with Crippen LogP contribution < -0.4 is 0 Å². The second-order valence-electron chi connectivity index (χ2n) is 7.34. The minimum Gasteiger partial charge on any atom is -0.478 e. The molecular weight excluding hydrogens is 390 g/mol. The van der Waals surface area contributed by atoms with Crippen molar-refractivity contribution in [2.45, 2.75) is 26.3 Å². The van der Waals surface area contributed by atoms with E-state index in [0.717, 1.165) is 17.0 Å². The minimum atomic E-state index is -3.00. The van der Waals surface area contributed by atoms with Gasteiger partial charge in [0.15, 0.2) is 9.84 Å². The Morgan fingerprint density at radius 2 is 2.00 bits per heavy atom. The number of carboxylic acid groups (broad SMARTS) is 1. The van der Waals surface area contributed by atoms with Gasteiger partial charge in [0.25, 0.3) is 0 Å². The summed E-state index contributed by atoms with van der Waals surface area (Å²) in [5, 5.41) is 14.7. The number of nitrogens with zero attached hydrogens (tertiary/aromatic N) is 3. The first-order valence-corrected chi connectivity index (χ1v) is 11.1. The van der Waals surface area contributed by atoms with Crippen LogP contribution in [0.4, 0.5) is 0 Å². The standard InChI is InChI=1S/C21H21N3O4S/c1-13-17(14(2)24(23-13)16-9-10-29(27,28)12-16)8-7-15-11-19(21(25)26)18-5-3-4-6-20(18)22-15/h3-8,11,16H,9-10,12H2,1-2H3,(H,25,26)/b8-7+/t16-/m1/s1. The second-order valence-corrected chi connectivity index (χ2v) is 9.56. The number of para-hydroxylation sites is 1. The van der Waals surface area contributed by atoms with Crippen molar-refractivity contribution in [1.29, 1.82) is 0 Å². The molecule has 7 nitrogen and oxygen atoms in total. The Kier molecular flexibility index (Phi) is 4.74. The van der Waals surface area contributed by atoms with Crippen molar-refractivity contribution in [2.75, 3.05) is 11.5 Å². The summed E-state index contributed by atoms with van der Waals surface area (Å²) >= 11 is 0. The molecule has 0 amide bonds. The predicted octanol–water partition coefficient (Wildman–Crippen LogP) is 3.28. The van der Waals surface area contributed by atoms with Crippen molar-refractivity contribution in [3.63, 3.8) is 0 Å². The number of sulfone groups is 1. The van der Waals surface area contributed by atoms with E-state index in [-0.39, 0.29) is 23.1 Å². The number of benzene rings is 1. The summed E-state index contributed by atoms with van der Waals surface area (Å²) in [6.45, 7) is 3.80. The van der Waals surface area contributed by atoms with Gasteiger partial charge in [-0.05, 0) is 44.6 Å². The molecule has 0 radical (unpaired) electrons. The molecule has 1 fully saturated rings. The Morgan fingerprint density at radius 1 is 1.24 bits per heavy atom. The Morgan fingerprint density at radius 3 is 2.69 bits per heavy atom. The molecule has 29 heavy (non-hydrogen) atoms. The largest absolute Gasteiger partial charge is 0.478 e. The Labute approximate surface area is 168 Å². The Balaban J connectivity index is 1.71. The summed E-state index contributed by atoms with van der Waals surface area (Å²) in [6.07, 6.45) is 4.20. The summed E-state index contributed by atoms with van der Waals surface area (Å²) in [7, 11) is -3.00. The van der Waals surface area contributed by atoms with Crippen molar-refractivity contribution in [3.8, 4) is 0 Å². The lowest BCUT2D eigenvalue weighted by molar-refractivity contribution is 0.0699. The Bertz CT molecular complexity index is 1260. The topological polar surface area (TPSA) is 102 Å². The Hall–Kier alpha value is -3.00. The number of aryl methyl sites for hydroxylation is 1. The van der Waals surface area contributed by atoms with Crippen molar-refractivity contribution >= 4 is 38.9 Å². The lowest BCUT2D eigenvalue weighted by Gasteiger charge is -2.10. The van der Waals surface area contributed by atoms with Crippen molar-refractivity contribution in [1.82, 2.24) is 14.8 Å². The molecule has 1 N–H and O–H groups in total. The van der Waals surface area contributed by atoms with Gasteiger partial charge < -0.3 is 5.11 Å². The highest BCUT2D eigenvalue weighted by atomic mass is 32.2. The van der Waals surface area contributed by atoms with Crippen LogP contribution in [-0.2, 0) is 9.84 Å². The van der Waals surface area contributed by atoms with Crippen LogP contribution in [0.3, 0.4) is 0 Å². The molecule has 4 rings (SSSR count). The zero-order chi connectivity index (χ0) is 20.8. The molecule has 1 aliphatic rings. The number of carbonyl (C=O) groups is 1. The molecule has 0 aliphatic carbocycles. The quantitative estimate of drug-likeness (QED) is 0.707. The monoisotopic (exact) mass is 411 g/mol. The van der Waals surface area contributed by atoms with Gasteiger partial charge in [0.05, 0.1) is 40.0 Å². The smallest absolute Gasteiger partial charge is 0.336 e. The van der Waals surface area contributed by atoms with Crippen molar-refractivity contribution in [2.24, 2.45) is 0 Å². The van der Waals surface area contributed by atoms with E-state index in [1.807, 2.05) is 26.0 Å². The van der Waals surface area contributed by atoms with E-state index >= 15 is 0 Å². The summed E-state index contributed by atoms with van der Waals surface area (Å²) < 4.78 is 25.4. The summed E-state index contributed by atoms with van der Waals surface area (Å²) in [6, 6.07) is 8.55. The van der Waals surface area contributed by atoms with Crippen LogP contribution in [-0.4, -0.2) is 45.8 Å². The zero-order valence-corrected chi connectivity index (χ0v) is 17.0. The van der Waals surface area contributed by atoms with Gasteiger partial charge in [-0.3, -0.25) is 4.68 Å².